The van der Waals surface area contributed by atoms with E-state index in [1.165, 1.54) is 24.9 Å². The Labute approximate surface area is 166 Å². The molecule has 0 aliphatic carbocycles. The Morgan fingerprint density at radius 1 is 1.11 bits per heavy atom. The number of carbonyl (C=O) groups excluding carboxylic acids is 1. The quantitative estimate of drug-likeness (QED) is 0.644. The van der Waals surface area contributed by atoms with Crippen LogP contribution in [-0.4, -0.2) is 25.6 Å². The third-order valence-electron chi connectivity index (χ3n) is 4.82. The molecule has 27 heavy (non-hydrogen) atoms. The van der Waals surface area contributed by atoms with Gasteiger partial charge in [0.2, 0.25) is 5.91 Å². The summed E-state index contributed by atoms with van der Waals surface area (Å²) in [5.74, 6) is 0.794. The van der Waals surface area contributed by atoms with Crippen molar-refractivity contribution < 1.29 is 9.53 Å². The van der Waals surface area contributed by atoms with Gasteiger partial charge >= 0.3 is 0 Å². The van der Waals surface area contributed by atoms with Crippen molar-refractivity contribution in [2.45, 2.75) is 39.0 Å². The van der Waals surface area contributed by atoms with Crippen molar-refractivity contribution in [1.29, 1.82) is 0 Å². The molecule has 1 aliphatic rings. The van der Waals surface area contributed by atoms with Crippen LogP contribution in [0.4, 0.5) is 11.4 Å². The summed E-state index contributed by atoms with van der Waals surface area (Å²) in [5.41, 5.74) is 3.06. The minimum absolute atomic E-state index is 0.0107. The molecule has 144 valence electrons. The highest BCUT2D eigenvalue weighted by Gasteiger charge is 2.11. The van der Waals surface area contributed by atoms with E-state index in [4.69, 9.17) is 16.3 Å². The molecule has 0 radical (unpaired) electrons. The fourth-order valence-corrected chi connectivity index (χ4v) is 3.38. The Balaban J connectivity index is 1.39. The van der Waals surface area contributed by atoms with E-state index >= 15 is 0 Å². The second-order valence-electron chi connectivity index (χ2n) is 7.01. The minimum Gasteiger partial charge on any atom is -0.494 e. The number of rotatable bonds is 7. The van der Waals surface area contributed by atoms with E-state index in [0.717, 1.165) is 35.1 Å². The second kappa shape index (κ2) is 9.65. The Kier molecular flexibility index (Phi) is 6.99. The normalized spacial score (nSPS) is 14.1. The number of nitrogens with zero attached hydrogens (tertiary/aromatic N) is 1. The molecule has 1 fully saturated rings. The number of carbonyl (C=O) groups is 1. The molecule has 0 bridgehead atoms. The second-order valence-corrected chi connectivity index (χ2v) is 7.41. The monoisotopic (exact) mass is 386 g/mol. The maximum Gasteiger partial charge on any atom is 0.224 e. The summed E-state index contributed by atoms with van der Waals surface area (Å²) < 4.78 is 5.68. The van der Waals surface area contributed by atoms with Crippen LogP contribution in [0.5, 0.6) is 5.75 Å². The van der Waals surface area contributed by atoms with Crippen LogP contribution in [0.1, 0.15) is 37.7 Å². The van der Waals surface area contributed by atoms with Crippen LogP contribution < -0.4 is 15.0 Å². The van der Waals surface area contributed by atoms with Gasteiger partial charge in [-0.1, -0.05) is 11.6 Å². The first-order valence-corrected chi connectivity index (χ1v) is 10.0. The number of halogens is 1. The van der Waals surface area contributed by atoms with Gasteiger partial charge in [0, 0.05) is 35.9 Å². The number of nitrogens with one attached hydrogen (secondary N) is 1. The summed E-state index contributed by atoms with van der Waals surface area (Å²) in [7, 11) is 0. The number of hydrogen-bond donors (Lipinski definition) is 1. The van der Waals surface area contributed by atoms with E-state index in [1.807, 2.05) is 37.3 Å². The van der Waals surface area contributed by atoms with Gasteiger partial charge < -0.3 is 15.0 Å². The summed E-state index contributed by atoms with van der Waals surface area (Å²) in [6, 6.07) is 13.7. The summed E-state index contributed by atoms with van der Waals surface area (Å²) in [4.78, 5) is 14.5. The lowest BCUT2D eigenvalue weighted by atomic mass is 10.1. The average Bonchev–Trinajstić information content (AvgIpc) is 2.69. The van der Waals surface area contributed by atoms with Crippen molar-refractivity contribution in [3.05, 3.63) is 53.1 Å². The van der Waals surface area contributed by atoms with Gasteiger partial charge in [0.15, 0.2) is 0 Å². The predicted molar refractivity (Wildman–Crippen MR) is 112 cm³/mol. The Bertz CT molecular complexity index is 755. The van der Waals surface area contributed by atoms with Crippen LogP contribution in [-0.2, 0) is 4.79 Å². The summed E-state index contributed by atoms with van der Waals surface area (Å²) in [5, 5.41) is 3.69. The van der Waals surface area contributed by atoms with Crippen molar-refractivity contribution in [1.82, 2.24) is 0 Å². The van der Waals surface area contributed by atoms with Gasteiger partial charge in [0.1, 0.15) is 5.75 Å². The largest absolute Gasteiger partial charge is 0.494 e. The molecule has 4 nitrogen and oxygen atoms in total. The molecule has 2 aromatic carbocycles. The zero-order valence-electron chi connectivity index (χ0n) is 15.8. The topological polar surface area (TPSA) is 41.6 Å². The Morgan fingerprint density at radius 3 is 2.56 bits per heavy atom. The molecule has 1 saturated heterocycles. The smallest absolute Gasteiger partial charge is 0.224 e. The van der Waals surface area contributed by atoms with Gasteiger partial charge in [-0.15, -0.1) is 0 Å². The van der Waals surface area contributed by atoms with Crippen molar-refractivity contribution in [2.75, 3.05) is 29.9 Å². The molecule has 0 atom stereocenters. The van der Waals surface area contributed by atoms with E-state index in [2.05, 4.69) is 22.3 Å². The molecule has 1 amide bonds. The number of ether oxygens (including phenoxy) is 1. The molecular formula is C22H27ClN2O2. The van der Waals surface area contributed by atoms with Gasteiger partial charge in [0.05, 0.1) is 6.61 Å². The molecule has 2 aromatic rings. The molecule has 0 saturated carbocycles. The predicted octanol–water partition coefficient (Wildman–Crippen LogP) is 5.44. The SMILES string of the molecule is Cc1cc(OCCCC(=O)Nc2ccc(N3CCCCC3)cc2)ccc1Cl. The number of benzene rings is 2. The van der Waals surface area contributed by atoms with Crippen LogP contribution >= 0.6 is 11.6 Å². The molecule has 1 heterocycles. The van der Waals surface area contributed by atoms with Crippen molar-refractivity contribution in [2.24, 2.45) is 0 Å². The van der Waals surface area contributed by atoms with Gasteiger partial charge in [0.25, 0.3) is 0 Å². The average molecular weight is 387 g/mol. The maximum atomic E-state index is 12.1. The van der Waals surface area contributed by atoms with Gasteiger partial charge in [-0.2, -0.15) is 0 Å². The molecule has 0 unspecified atom stereocenters. The molecular weight excluding hydrogens is 360 g/mol. The van der Waals surface area contributed by atoms with E-state index in [-0.39, 0.29) is 5.91 Å². The maximum absolute atomic E-state index is 12.1. The van der Waals surface area contributed by atoms with Gasteiger partial charge in [-0.25, -0.2) is 0 Å². The summed E-state index contributed by atoms with van der Waals surface area (Å²) in [6.45, 7) is 4.69. The van der Waals surface area contributed by atoms with E-state index < -0.39 is 0 Å². The standard InChI is InChI=1S/C22H27ClN2O2/c1-17-16-20(11-12-21(17)23)27-15-5-6-22(26)24-18-7-9-19(10-8-18)25-13-3-2-4-14-25/h7-12,16H,2-6,13-15H2,1H3,(H,24,26). The van der Waals surface area contributed by atoms with Crippen molar-refractivity contribution in [3.63, 3.8) is 0 Å². The third-order valence-corrected chi connectivity index (χ3v) is 5.24. The van der Waals surface area contributed by atoms with Gasteiger partial charge in [-0.05, 0) is 80.6 Å². The fourth-order valence-electron chi connectivity index (χ4n) is 3.26. The van der Waals surface area contributed by atoms with Crippen LogP contribution in [0, 0.1) is 6.92 Å². The van der Waals surface area contributed by atoms with Crippen molar-refractivity contribution in [3.8, 4) is 5.75 Å². The van der Waals surface area contributed by atoms with Gasteiger partial charge in [-0.3, -0.25) is 4.79 Å². The lowest BCUT2D eigenvalue weighted by Crippen LogP contribution is -2.29. The molecule has 5 heteroatoms. The highest BCUT2D eigenvalue weighted by molar-refractivity contribution is 6.31. The van der Waals surface area contributed by atoms with Crippen LogP contribution in [0.2, 0.25) is 5.02 Å². The molecule has 0 spiro atoms. The number of anilines is 2. The first kappa shape index (κ1) is 19.6. The fraction of sp³-hybridized carbons (Fsp3) is 0.409. The third kappa shape index (κ3) is 5.90. The lowest BCUT2D eigenvalue weighted by molar-refractivity contribution is -0.116. The number of amides is 1. The van der Waals surface area contributed by atoms with Crippen LogP contribution in [0.25, 0.3) is 0 Å². The van der Waals surface area contributed by atoms with E-state index in [1.54, 1.807) is 0 Å². The first-order valence-electron chi connectivity index (χ1n) is 9.65. The zero-order chi connectivity index (χ0) is 19.1. The van der Waals surface area contributed by atoms with E-state index in [9.17, 15) is 4.79 Å². The van der Waals surface area contributed by atoms with Crippen LogP contribution in [0.15, 0.2) is 42.5 Å². The molecule has 1 N–H and O–H groups in total. The molecule has 0 aromatic heterocycles. The lowest BCUT2D eigenvalue weighted by Gasteiger charge is -2.28. The highest BCUT2D eigenvalue weighted by Crippen LogP contribution is 2.22. The number of hydrogen-bond acceptors (Lipinski definition) is 3. The Hall–Kier alpha value is -2.20. The molecule has 1 aliphatic heterocycles. The zero-order valence-corrected chi connectivity index (χ0v) is 16.6. The van der Waals surface area contributed by atoms with E-state index in [0.29, 0.717) is 19.4 Å². The number of piperidine rings is 1. The Morgan fingerprint density at radius 2 is 1.85 bits per heavy atom. The summed E-state index contributed by atoms with van der Waals surface area (Å²) >= 11 is 6.00. The highest BCUT2D eigenvalue weighted by atomic mass is 35.5. The first-order chi connectivity index (χ1) is 13.1. The van der Waals surface area contributed by atoms with Crippen molar-refractivity contribution >= 4 is 28.9 Å². The number of aryl methyl sites for hydroxylation is 1. The molecule has 3 rings (SSSR count). The van der Waals surface area contributed by atoms with Crippen LogP contribution in [0.3, 0.4) is 0 Å². The summed E-state index contributed by atoms with van der Waals surface area (Å²) in [6.07, 6.45) is 4.94. The minimum atomic E-state index is 0.0107.